The number of aliphatic hydroxyl groups excluding tert-OH is 1. The zero-order valence-electron chi connectivity index (χ0n) is 15.9. The molecular weight excluding hydrogens is 370 g/mol. The summed E-state index contributed by atoms with van der Waals surface area (Å²) < 4.78 is 5.34. The third-order valence-corrected chi connectivity index (χ3v) is 5.46. The highest BCUT2D eigenvalue weighted by atomic mass is 32.1. The second-order valence-electron chi connectivity index (χ2n) is 6.53. The van der Waals surface area contributed by atoms with Crippen molar-refractivity contribution in [2.24, 2.45) is 0 Å². The third kappa shape index (κ3) is 5.29. The van der Waals surface area contributed by atoms with E-state index in [1.54, 1.807) is 6.92 Å². The number of carbonyl (C=O) groups excluding carboxylic acids is 1. The number of benzene rings is 2. The lowest BCUT2D eigenvalue weighted by Crippen LogP contribution is -2.45. The molecule has 0 unspecified atom stereocenters. The highest BCUT2D eigenvalue weighted by Gasteiger charge is 2.35. The standard InChI is InChI=1S/C23H25NO3S/c1-2-27-23(26)21(22(25)20-14-9-15-28-20)24(16-18-10-5-3-6-11-18)17-19-12-7-4-8-13-19/h3-15,21-22,25H,2,16-17H2,1H3/t21-,22+/m0/s1. The molecule has 0 fully saturated rings. The van der Waals surface area contributed by atoms with Crippen LogP contribution in [0.3, 0.4) is 0 Å². The molecule has 0 bridgehead atoms. The van der Waals surface area contributed by atoms with Crippen LogP contribution < -0.4 is 0 Å². The SMILES string of the molecule is CCOC(=O)[C@H]([C@H](O)c1cccs1)N(Cc1ccccc1)Cc1ccccc1. The van der Waals surface area contributed by atoms with Gasteiger partial charge in [0.15, 0.2) is 0 Å². The van der Waals surface area contributed by atoms with Crippen molar-refractivity contribution >= 4 is 17.3 Å². The van der Waals surface area contributed by atoms with Gasteiger partial charge in [-0.15, -0.1) is 11.3 Å². The molecule has 0 spiro atoms. The van der Waals surface area contributed by atoms with Crippen LogP contribution in [0.4, 0.5) is 0 Å². The first-order valence-electron chi connectivity index (χ1n) is 9.39. The van der Waals surface area contributed by atoms with Crippen molar-refractivity contribution in [1.29, 1.82) is 0 Å². The number of rotatable bonds is 9. The molecule has 0 aliphatic carbocycles. The zero-order chi connectivity index (χ0) is 19.8. The molecule has 0 radical (unpaired) electrons. The lowest BCUT2D eigenvalue weighted by molar-refractivity contribution is -0.155. The number of hydrogen-bond donors (Lipinski definition) is 1. The van der Waals surface area contributed by atoms with Gasteiger partial charge in [-0.25, -0.2) is 0 Å². The van der Waals surface area contributed by atoms with Crippen LogP contribution in [0.25, 0.3) is 0 Å². The highest BCUT2D eigenvalue weighted by molar-refractivity contribution is 7.10. The fraction of sp³-hybridized carbons (Fsp3) is 0.261. The van der Waals surface area contributed by atoms with E-state index in [1.807, 2.05) is 83.1 Å². The molecule has 0 saturated carbocycles. The topological polar surface area (TPSA) is 49.8 Å². The Morgan fingerprint density at radius 3 is 2.00 bits per heavy atom. The zero-order valence-corrected chi connectivity index (χ0v) is 16.7. The molecule has 28 heavy (non-hydrogen) atoms. The Balaban J connectivity index is 1.95. The average Bonchev–Trinajstić information content (AvgIpc) is 3.25. The Hall–Kier alpha value is -2.47. The van der Waals surface area contributed by atoms with Gasteiger partial charge in [0, 0.05) is 18.0 Å². The molecule has 2 aromatic carbocycles. The number of carbonyl (C=O) groups is 1. The van der Waals surface area contributed by atoms with Crippen LogP contribution in [0.15, 0.2) is 78.2 Å². The highest BCUT2D eigenvalue weighted by Crippen LogP contribution is 2.28. The van der Waals surface area contributed by atoms with Gasteiger partial charge in [-0.3, -0.25) is 9.69 Å². The fourth-order valence-corrected chi connectivity index (χ4v) is 3.95. The van der Waals surface area contributed by atoms with E-state index in [-0.39, 0.29) is 6.61 Å². The third-order valence-electron chi connectivity index (χ3n) is 4.51. The van der Waals surface area contributed by atoms with Gasteiger partial charge in [0.1, 0.15) is 12.1 Å². The summed E-state index contributed by atoms with van der Waals surface area (Å²) in [6, 6.07) is 22.9. The molecule has 4 nitrogen and oxygen atoms in total. The van der Waals surface area contributed by atoms with E-state index in [0.29, 0.717) is 13.1 Å². The van der Waals surface area contributed by atoms with Gasteiger partial charge in [-0.05, 0) is 29.5 Å². The van der Waals surface area contributed by atoms with Crippen LogP contribution >= 0.6 is 11.3 Å². The van der Waals surface area contributed by atoms with Gasteiger partial charge < -0.3 is 9.84 Å². The second-order valence-corrected chi connectivity index (χ2v) is 7.51. The van der Waals surface area contributed by atoms with Crippen LogP contribution in [-0.2, 0) is 22.6 Å². The van der Waals surface area contributed by atoms with Gasteiger partial charge in [0.2, 0.25) is 0 Å². The van der Waals surface area contributed by atoms with E-state index in [4.69, 9.17) is 4.74 Å². The second kappa shape index (κ2) is 10.2. The van der Waals surface area contributed by atoms with Crippen LogP contribution in [0.2, 0.25) is 0 Å². The van der Waals surface area contributed by atoms with Gasteiger partial charge in [-0.2, -0.15) is 0 Å². The first-order valence-corrected chi connectivity index (χ1v) is 10.3. The maximum absolute atomic E-state index is 12.9. The molecule has 0 saturated heterocycles. The Kier molecular flexibility index (Phi) is 7.37. The van der Waals surface area contributed by atoms with E-state index in [1.165, 1.54) is 11.3 Å². The number of hydrogen-bond acceptors (Lipinski definition) is 5. The summed E-state index contributed by atoms with van der Waals surface area (Å²) in [5, 5.41) is 13.0. The normalized spacial score (nSPS) is 13.2. The van der Waals surface area contributed by atoms with Gasteiger partial charge in [-0.1, -0.05) is 66.7 Å². The van der Waals surface area contributed by atoms with Gasteiger partial charge in [0.25, 0.3) is 0 Å². The lowest BCUT2D eigenvalue weighted by Gasteiger charge is -2.33. The van der Waals surface area contributed by atoms with E-state index in [9.17, 15) is 9.90 Å². The van der Waals surface area contributed by atoms with Crippen LogP contribution in [-0.4, -0.2) is 28.6 Å². The predicted molar refractivity (Wildman–Crippen MR) is 112 cm³/mol. The minimum absolute atomic E-state index is 0.275. The first-order chi connectivity index (χ1) is 13.7. The lowest BCUT2D eigenvalue weighted by atomic mass is 10.0. The molecule has 146 valence electrons. The minimum atomic E-state index is -0.952. The van der Waals surface area contributed by atoms with Gasteiger partial charge >= 0.3 is 5.97 Å². The smallest absolute Gasteiger partial charge is 0.326 e. The molecule has 1 aromatic heterocycles. The summed E-state index contributed by atoms with van der Waals surface area (Å²) >= 11 is 1.44. The van der Waals surface area contributed by atoms with E-state index < -0.39 is 18.1 Å². The van der Waals surface area contributed by atoms with Crippen molar-refractivity contribution in [2.45, 2.75) is 32.2 Å². The molecule has 5 heteroatoms. The van der Waals surface area contributed by atoms with Crippen LogP contribution in [0, 0.1) is 0 Å². The Bertz CT molecular complexity index is 795. The van der Waals surface area contributed by atoms with Crippen molar-refractivity contribution in [1.82, 2.24) is 4.90 Å². The maximum Gasteiger partial charge on any atom is 0.326 e. The molecule has 0 aliphatic rings. The van der Waals surface area contributed by atoms with E-state index >= 15 is 0 Å². The van der Waals surface area contributed by atoms with Crippen LogP contribution in [0.5, 0.6) is 0 Å². The molecule has 3 aromatic rings. The molecule has 0 amide bonds. The number of ether oxygens (including phenoxy) is 1. The Morgan fingerprint density at radius 2 is 1.54 bits per heavy atom. The van der Waals surface area contributed by atoms with Crippen molar-refractivity contribution < 1.29 is 14.6 Å². The van der Waals surface area contributed by atoms with Crippen molar-refractivity contribution in [3.8, 4) is 0 Å². The quantitative estimate of drug-likeness (QED) is 0.545. The average molecular weight is 396 g/mol. The summed E-state index contributed by atoms with van der Waals surface area (Å²) in [6.07, 6.45) is -0.952. The summed E-state index contributed by atoms with van der Waals surface area (Å²) in [7, 11) is 0. The maximum atomic E-state index is 12.9. The van der Waals surface area contributed by atoms with Crippen molar-refractivity contribution in [3.05, 3.63) is 94.2 Å². The summed E-state index contributed by atoms with van der Waals surface area (Å²) in [5.41, 5.74) is 2.15. The predicted octanol–water partition coefficient (Wildman–Crippen LogP) is 4.42. The first kappa shape index (κ1) is 20.3. The molecule has 1 N–H and O–H groups in total. The summed E-state index contributed by atoms with van der Waals surface area (Å²) in [6.45, 7) is 3.12. The van der Waals surface area contributed by atoms with Gasteiger partial charge in [0.05, 0.1) is 6.61 Å². The van der Waals surface area contributed by atoms with E-state index in [2.05, 4.69) is 0 Å². The molecule has 1 heterocycles. The summed E-state index contributed by atoms with van der Waals surface area (Å²) in [4.78, 5) is 15.6. The number of nitrogens with zero attached hydrogens (tertiary/aromatic N) is 1. The van der Waals surface area contributed by atoms with Crippen LogP contribution in [0.1, 0.15) is 29.0 Å². The molecular formula is C23H25NO3S. The number of esters is 1. The monoisotopic (exact) mass is 395 g/mol. The fourth-order valence-electron chi connectivity index (χ4n) is 3.21. The molecule has 2 atom stereocenters. The molecule has 0 aliphatic heterocycles. The number of aliphatic hydroxyl groups is 1. The molecule has 3 rings (SSSR count). The van der Waals surface area contributed by atoms with Crippen molar-refractivity contribution in [2.75, 3.05) is 6.61 Å². The Morgan fingerprint density at radius 1 is 0.964 bits per heavy atom. The van der Waals surface area contributed by atoms with E-state index in [0.717, 1.165) is 16.0 Å². The summed E-state index contributed by atoms with van der Waals surface area (Å²) in [5.74, 6) is -0.407. The number of thiophene rings is 1. The Labute approximate surface area is 170 Å². The largest absolute Gasteiger partial charge is 0.465 e. The minimum Gasteiger partial charge on any atom is -0.465 e. The van der Waals surface area contributed by atoms with Crippen molar-refractivity contribution in [3.63, 3.8) is 0 Å².